The number of H-pyrrole nitrogens is 1. The Morgan fingerprint density at radius 1 is 0.929 bits per heavy atom. The van der Waals surface area contributed by atoms with E-state index >= 15 is 0 Å². The number of rotatable bonds is 17. The van der Waals surface area contributed by atoms with E-state index in [9.17, 15) is 29.4 Å². The van der Waals surface area contributed by atoms with Crippen LogP contribution in [0, 0.1) is 17.8 Å². The lowest BCUT2D eigenvalue weighted by molar-refractivity contribution is -0.143. The van der Waals surface area contributed by atoms with Crippen molar-refractivity contribution in [2.45, 2.75) is 117 Å². The molecule has 0 aliphatic rings. The zero-order valence-corrected chi connectivity index (χ0v) is 26.5. The van der Waals surface area contributed by atoms with Gasteiger partial charge in [0.2, 0.25) is 11.8 Å². The number of hydrogen-bond donors (Lipinski definition) is 7. The molecule has 0 bridgehead atoms. The van der Waals surface area contributed by atoms with Gasteiger partial charge < -0.3 is 41.2 Å². The Bertz CT molecular complexity index is 991. The lowest BCUT2D eigenvalue weighted by Crippen LogP contribution is -2.57. The molecule has 0 saturated heterocycles. The molecule has 0 radical (unpaired) electrons. The Morgan fingerprint density at radius 2 is 1.52 bits per heavy atom. The molecule has 42 heavy (non-hydrogen) atoms. The van der Waals surface area contributed by atoms with Gasteiger partial charge in [0, 0.05) is 24.9 Å². The average molecular weight is 597 g/mol. The molecule has 240 valence electrons. The van der Waals surface area contributed by atoms with Gasteiger partial charge in [0.15, 0.2) is 0 Å². The first kappa shape index (κ1) is 36.8. The SMILES string of the molecule is CC(C)CC(NC(=O)[C@H](Cc1cnc[nH]1)NC(=O)OC(C)(C)C)C(O)CN[C@@H](CC(C)C)C(=O)N[C@H](C(=O)O)C(C)C. The second-order valence-electron chi connectivity index (χ2n) is 13.0. The van der Waals surface area contributed by atoms with Gasteiger partial charge >= 0.3 is 12.1 Å². The molecule has 13 heteroatoms. The van der Waals surface area contributed by atoms with E-state index in [4.69, 9.17) is 4.74 Å². The Kier molecular flexibility index (Phi) is 15.0. The number of carbonyl (C=O) groups excluding carboxylic acids is 3. The summed E-state index contributed by atoms with van der Waals surface area (Å²) >= 11 is 0. The fraction of sp³-hybridized carbons (Fsp3) is 0.759. The molecule has 1 aromatic heterocycles. The van der Waals surface area contributed by atoms with Crippen molar-refractivity contribution in [1.82, 2.24) is 31.2 Å². The molecule has 3 amide bonds. The number of aromatic nitrogens is 2. The van der Waals surface area contributed by atoms with E-state index in [1.165, 1.54) is 6.33 Å². The lowest BCUT2D eigenvalue weighted by Gasteiger charge is -2.30. The number of alkyl carbamates (subject to hydrolysis) is 1. The Labute approximate surface area is 249 Å². The molecule has 13 nitrogen and oxygen atoms in total. The van der Waals surface area contributed by atoms with Crippen LogP contribution in [0.5, 0.6) is 0 Å². The standard InChI is InChI=1S/C29H52N6O7/c1-16(2)10-20(23(36)14-31-21(11-17(3)4)25(37)35-24(18(5)6)27(39)40)33-26(38)22(12-19-13-30-15-32-19)34-28(41)42-29(7,8)9/h13,15-18,20-24,31,36H,10-12,14H2,1-9H3,(H,30,32)(H,33,38)(H,34,41)(H,35,37)(H,39,40)/t20?,21-,22-,23?,24-/m0/s1. The molecule has 0 aliphatic heterocycles. The number of aliphatic hydroxyl groups excluding tert-OH is 1. The number of amides is 3. The van der Waals surface area contributed by atoms with Crippen LogP contribution in [0.1, 0.15) is 80.8 Å². The zero-order valence-electron chi connectivity index (χ0n) is 26.5. The monoisotopic (exact) mass is 596 g/mol. The van der Waals surface area contributed by atoms with Crippen LogP contribution in [0.4, 0.5) is 4.79 Å². The predicted molar refractivity (Wildman–Crippen MR) is 158 cm³/mol. The van der Waals surface area contributed by atoms with Crippen LogP contribution in [-0.4, -0.2) is 86.5 Å². The number of ether oxygens (including phenoxy) is 1. The van der Waals surface area contributed by atoms with Crippen molar-refractivity contribution in [3.8, 4) is 0 Å². The summed E-state index contributed by atoms with van der Waals surface area (Å²) < 4.78 is 5.34. The fourth-order valence-electron chi connectivity index (χ4n) is 4.31. The molecule has 0 spiro atoms. The first-order valence-electron chi connectivity index (χ1n) is 14.6. The van der Waals surface area contributed by atoms with Crippen LogP contribution < -0.4 is 21.3 Å². The molecule has 0 aliphatic carbocycles. The van der Waals surface area contributed by atoms with Crippen LogP contribution in [0.2, 0.25) is 0 Å². The van der Waals surface area contributed by atoms with Gasteiger partial charge in [0.05, 0.1) is 24.5 Å². The van der Waals surface area contributed by atoms with E-state index in [1.54, 1.807) is 40.8 Å². The van der Waals surface area contributed by atoms with E-state index in [0.717, 1.165) is 0 Å². The van der Waals surface area contributed by atoms with Crippen molar-refractivity contribution in [3.63, 3.8) is 0 Å². The highest BCUT2D eigenvalue weighted by Crippen LogP contribution is 2.13. The van der Waals surface area contributed by atoms with Crippen molar-refractivity contribution in [2.75, 3.05) is 6.54 Å². The number of nitrogens with zero attached hydrogens (tertiary/aromatic N) is 1. The van der Waals surface area contributed by atoms with Gasteiger partial charge in [0.1, 0.15) is 17.7 Å². The summed E-state index contributed by atoms with van der Waals surface area (Å²) in [4.78, 5) is 57.5. The van der Waals surface area contributed by atoms with Gasteiger partial charge in [-0.05, 0) is 51.4 Å². The van der Waals surface area contributed by atoms with E-state index in [0.29, 0.717) is 18.5 Å². The molecule has 0 saturated carbocycles. The molecular formula is C29H52N6O7. The molecule has 0 aromatic carbocycles. The van der Waals surface area contributed by atoms with Crippen LogP contribution in [-0.2, 0) is 25.5 Å². The summed E-state index contributed by atoms with van der Waals surface area (Å²) in [6.45, 7) is 16.3. The maximum absolute atomic E-state index is 13.4. The molecule has 5 atom stereocenters. The second kappa shape index (κ2) is 17.1. The highest BCUT2D eigenvalue weighted by atomic mass is 16.6. The number of imidazole rings is 1. The minimum atomic E-state index is -1.12. The molecule has 2 unspecified atom stereocenters. The maximum atomic E-state index is 13.4. The first-order valence-corrected chi connectivity index (χ1v) is 14.6. The largest absolute Gasteiger partial charge is 0.480 e. The summed E-state index contributed by atoms with van der Waals surface area (Å²) in [5, 5.41) is 31.8. The number of carboxylic acids is 1. The molecule has 1 rings (SSSR count). The van der Waals surface area contributed by atoms with E-state index in [-0.39, 0.29) is 30.7 Å². The smallest absolute Gasteiger partial charge is 0.408 e. The Balaban J connectivity index is 3.05. The summed E-state index contributed by atoms with van der Waals surface area (Å²) in [5.41, 5.74) is -0.142. The maximum Gasteiger partial charge on any atom is 0.408 e. The molecule has 1 heterocycles. The van der Waals surface area contributed by atoms with Crippen LogP contribution in [0.15, 0.2) is 12.5 Å². The molecule has 0 fully saturated rings. The molecular weight excluding hydrogens is 544 g/mol. The van der Waals surface area contributed by atoms with Crippen molar-refractivity contribution in [1.29, 1.82) is 0 Å². The molecule has 7 N–H and O–H groups in total. The number of aromatic amines is 1. The third kappa shape index (κ3) is 14.1. The van der Waals surface area contributed by atoms with Gasteiger partial charge in [-0.3, -0.25) is 9.59 Å². The minimum absolute atomic E-state index is 0.0351. The summed E-state index contributed by atoms with van der Waals surface area (Å²) in [7, 11) is 0. The normalized spacial score (nSPS) is 15.5. The lowest BCUT2D eigenvalue weighted by atomic mass is 9.97. The first-order chi connectivity index (χ1) is 19.4. The topological polar surface area (TPSA) is 195 Å². The number of carbonyl (C=O) groups is 4. The zero-order chi connectivity index (χ0) is 32.2. The number of hydrogen-bond acceptors (Lipinski definition) is 8. The number of aliphatic hydroxyl groups is 1. The quantitative estimate of drug-likeness (QED) is 0.141. The van der Waals surface area contributed by atoms with E-state index in [2.05, 4.69) is 31.2 Å². The van der Waals surface area contributed by atoms with E-state index in [1.807, 2.05) is 27.7 Å². The average Bonchev–Trinajstić information content (AvgIpc) is 3.34. The van der Waals surface area contributed by atoms with Gasteiger partial charge in [-0.1, -0.05) is 41.5 Å². The summed E-state index contributed by atoms with van der Waals surface area (Å²) in [6.07, 6.45) is 2.13. The number of aliphatic carboxylic acids is 1. The minimum Gasteiger partial charge on any atom is -0.480 e. The highest BCUT2D eigenvalue weighted by Gasteiger charge is 2.32. The molecule has 1 aromatic rings. The van der Waals surface area contributed by atoms with E-state index < -0.39 is 59.7 Å². The predicted octanol–water partition coefficient (Wildman–Crippen LogP) is 1.97. The van der Waals surface area contributed by atoms with Crippen LogP contribution >= 0.6 is 0 Å². The van der Waals surface area contributed by atoms with Crippen LogP contribution in [0.25, 0.3) is 0 Å². The van der Waals surface area contributed by atoms with Gasteiger partial charge in [-0.25, -0.2) is 14.6 Å². The van der Waals surface area contributed by atoms with Gasteiger partial charge in [0.25, 0.3) is 0 Å². The summed E-state index contributed by atoms with van der Waals surface area (Å²) in [5.74, 6) is -2.20. The van der Waals surface area contributed by atoms with Crippen molar-refractivity contribution in [2.24, 2.45) is 17.8 Å². The fourth-order valence-corrected chi connectivity index (χ4v) is 4.31. The summed E-state index contributed by atoms with van der Waals surface area (Å²) in [6, 6.07) is -3.52. The Hall–Kier alpha value is -3.19. The van der Waals surface area contributed by atoms with Crippen molar-refractivity contribution < 1.29 is 34.1 Å². The van der Waals surface area contributed by atoms with Crippen molar-refractivity contribution in [3.05, 3.63) is 18.2 Å². The number of carboxylic acid groups (broad SMARTS) is 1. The van der Waals surface area contributed by atoms with Gasteiger partial charge in [-0.15, -0.1) is 0 Å². The highest BCUT2D eigenvalue weighted by molar-refractivity contribution is 5.87. The number of nitrogens with one attached hydrogen (secondary N) is 5. The van der Waals surface area contributed by atoms with Crippen LogP contribution in [0.3, 0.4) is 0 Å². The second-order valence-corrected chi connectivity index (χ2v) is 13.0. The third-order valence-electron chi connectivity index (χ3n) is 6.33. The Morgan fingerprint density at radius 3 is 2.00 bits per heavy atom. The van der Waals surface area contributed by atoms with Gasteiger partial charge in [-0.2, -0.15) is 0 Å². The third-order valence-corrected chi connectivity index (χ3v) is 6.33. The van der Waals surface area contributed by atoms with Crippen molar-refractivity contribution >= 4 is 23.9 Å².